The van der Waals surface area contributed by atoms with Gasteiger partial charge in [-0.25, -0.2) is 4.98 Å². The number of hydrogen-bond acceptors (Lipinski definition) is 4. The largest absolute Gasteiger partial charge is 0.466 e. The maximum atomic E-state index is 12.4. The van der Waals surface area contributed by atoms with Gasteiger partial charge in [-0.1, -0.05) is 25.7 Å². The Morgan fingerprint density at radius 1 is 0.935 bits per heavy atom. The van der Waals surface area contributed by atoms with Crippen molar-refractivity contribution in [1.82, 2.24) is 14.9 Å². The van der Waals surface area contributed by atoms with Crippen molar-refractivity contribution in [2.24, 2.45) is 23.2 Å². The number of carbonyl (C=O) groups is 1. The van der Waals surface area contributed by atoms with E-state index in [0.717, 1.165) is 50.2 Å². The van der Waals surface area contributed by atoms with E-state index in [1.165, 1.54) is 70.6 Å². The number of unbranched alkanes of at least 4 members (excludes halogenated alkanes) is 5. The van der Waals surface area contributed by atoms with E-state index in [-0.39, 0.29) is 5.97 Å². The van der Waals surface area contributed by atoms with Crippen LogP contribution in [0.3, 0.4) is 0 Å². The van der Waals surface area contributed by atoms with Gasteiger partial charge in [0.15, 0.2) is 0 Å². The van der Waals surface area contributed by atoms with Crippen molar-refractivity contribution in [3.63, 3.8) is 0 Å². The van der Waals surface area contributed by atoms with Crippen LogP contribution in [0.5, 0.6) is 0 Å². The molecule has 0 atom stereocenters. The van der Waals surface area contributed by atoms with Crippen LogP contribution in [0.1, 0.15) is 89.9 Å². The van der Waals surface area contributed by atoms with E-state index >= 15 is 0 Å². The molecule has 4 aliphatic carbocycles. The molecule has 0 aliphatic heterocycles. The van der Waals surface area contributed by atoms with Crippen molar-refractivity contribution in [2.75, 3.05) is 19.7 Å². The van der Waals surface area contributed by atoms with E-state index in [1.807, 2.05) is 18.7 Å². The number of carbonyl (C=O) groups excluding carboxylic acids is 1. The van der Waals surface area contributed by atoms with Crippen molar-refractivity contribution in [1.29, 1.82) is 0 Å². The molecule has 0 aromatic carbocycles. The van der Waals surface area contributed by atoms with Crippen LogP contribution in [0.25, 0.3) is 0 Å². The summed E-state index contributed by atoms with van der Waals surface area (Å²) in [7, 11) is 0. The Morgan fingerprint density at radius 3 is 2.26 bits per heavy atom. The first-order valence-corrected chi connectivity index (χ1v) is 13.0. The zero-order valence-electron chi connectivity index (χ0n) is 19.4. The molecular weight excluding hydrogens is 386 g/mol. The number of esters is 1. The van der Waals surface area contributed by atoms with Crippen LogP contribution < -0.4 is 5.32 Å². The topological polar surface area (TPSA) is 56.1 Å². The van der Waals surface area contributed by atoms with Gasteiger partial charge in [-0.05, 0) is 94.0 Å². The van der Waals surface area contributed by atoms with E-state index in [0.29, 0.717) is 18.4 Å². The van der Waals surface area contributed by atoms with Crippen LogP contribution in [-0.4, -0.2) is 35.2 Å². The molecule has 0 spiro atoms. The smallest absolute Gasteiger partial charge is 0.306 e. The van der Waals surface area contributed by atoms with Gasteiger partial charge < -0.3 is 14.6 Å². The van der Waals surface area contributed by atoms with Gasteiger partial charge in [0.05, 0.1) is 19.4 Å². The summed E-state index contributed by atoms with van der Waals surface area (Å²) in [5.41, 5.74) is 0.319. The van der Waals surface area contributed by atoms with Gasteiger partial charge in [-0.15, -0.1) is 0 Å². The number of ether oxygens (including phenoxy) is 1. The highest BCUT2D eigenvalue weighted by atomic mass is 16.5. The lowest BCUT2D eigenvalue weighted by Gasteiger charge is -2.56. The fourth-order valence-corrected chi connectivity index (χ4v) is 7.04. The molecule has 0 saturated heterocycles. The second kappa shape index (κ2) is 11.5. The minimum atomic E-state index is 0.0843. The highest BCUT2D eigenvalue weighted by molar-refractivity contribution is 5.70. The van der Waals surface area contributed by atoms with Crippen molar-refractivity contribution in [3.8, 4) is 0 Å². The molecule has 0 unspecified atom stereocenters. The van der Waals surface area contributed by atoms with Gasteiger partial charge in [-0.3, -0.25) is 4.79 Å². The Kier molecular flexibility index (Phi) is 8.46. The summed E-state index contributed by atoms with van der Waals surface area (Å²) in [5.74, 6) is 2.82. The van der Waals surface area contributed by atoms with Crippen LogP contribution in [0, 0.1) is 23.2 Å². The summed E-state index contributed by atoms with van der Waals surface area (Å²) in [5, 5.41) is 3.53. The first kappa shape index (κ1) is 22.8. The maximum absolute atomic E-state index is 12.4. The molecule has 4 fully saturated rings. The first-order chi connectivity index (χ1) is 15.2. The second-order valence-corrected chi connectivity index (χ2v) is 10.8. The molecule has 1 aromatic rings. The zero-order valence-corrected chi connectivity index (χ0v) is 19.4. The number of imidazole rings is 1. The maximum Gasteiger partial charge on any atom is 0.306 e. The molecule has 4 bridgehead atoms. The van der Waals surface area contributed by atoms with E-state index < -0.39 is 0 Å². The van der Waals surface area contributed by atoms with E-state index in [4.69, 9.17) is 4.74 Å². The molecule has 5 rings (SSSR count). The fraction of sp³-hybridized carbons (Fsp3) is 0.846. The van der Waals surface area contributed by atoms with Crippen molar-refractivity contribution in [3.05, 3.63) is 18.7 Å². The van der Waals surface area contributed by atoms with Crippen LogP contribution in [0.4, 0.5) is 0 Å². The summed E-state index contributed by atoms with van der Waals surface area (Å²) >= 11 is 0. The van der Waals surface area contributed by atoms with Gasteiger partial charge in [0.2, 0.25) is 0 Å². The zero-order chi connectivity index (χ0) is 21.4. The number of aryl methyl sites for hydroxylation is 1. The SMILES string of the molecule is O=C(CC12CC3CC(CC(C3)C1)C2)OCCCCCCCCNCCCn1ccnc1. The van der Waals surface area contributed by atoms with Crippen molar-refractivity contribution in [2.45, 2.75) is 96.4 Å². The Hall–Kier alpha value is -1.36. The summed E-state index contributed by atoms with van der Waals surface area (Å²) in [6, 6.07) is 0. The molecule has 4 aliphatic rings. The average molecular weight is 430 g/mol. The number of nitrogens with one attached hydrogen (secondary N) is 1. The van der Waals surface area contributed by atoms with Crippen molar-refractivity contribution >= 4 is 5.97 Å². The number of aromatic nitrogens is 2. The quantitative estimate of drug-likeness (QED) is 0.301. The third-order valence-corrected chi connectivity index (χ3v) is 8.02. The highest BCUT2D eigenvalue weighted by Crippen LogP contribution is 2.61. The molecule has 31 heavy (non-hydrogen) atoms. The molecule has 0 amide bonds. The molecule has 0 radical (unpaired) electrons. The van der Waals surface area contributed by atoms with Gasteiger partial charge in [0, 0.05) is 18.9 Å². The fourth-order valence-electron chi connectivity index (χ4n) is 7.04. The van der Waals surface area contributed by atoms with Crippen molar-refractivity contribution < 1.29 is 9.53 Å². The lowest BCUT2D eigenvalue weighted by atomic mass is 9.49. The first-order valence-electron chi connectivity index (χ1n) is 13.0. The van der Waals surface area contributed by atoms with Gasteiger partial charge in [0.25, 0.3) is 0 Å². The van der Waals surface area contributed by atoms with Gasteiger partial charge in [0.1, 0.15) is 0 Å². The number of rotatable bonds is 15. The Labute approximate surface area is 188 Å². The molecule has 174 valence electrons. The standard InChI is InChI=1S/C26H43N3O2/c30-25(20-26-17-22-14-23(18-26)16-24(15-22)19-26)31-13-6-4-2-1-3-5-8-27-9-7-11-29-12-10-28-21-29/h10,12,21-24,27H,1-9,11,13-20H2. The molecule has 1 heterocycles. The van der Waals surface area contributed by atoms with E-state index in [2.05, 4.69) is 14.9 Å². The molecular formula is C26H43N3O2. The Balaban J connectivity index is 0.936. The molecule has 1 aromatic heterocycles. The van der Waals surface area contributed by atoms with Crippen LogP contribution in [0.2, 0.25) is 0 Å². The lowest BCUT2D eigenvalue weighted by molar-refractivity contribution is -0.152. The minimum Gasteiger partial charge on any atom is -0.466 e. The summed E-state index contributed by atoms with van der Waals surface area (Å²) in [6.45, 7) is 3.86. The third-order valence-electron chi connectivity index (χ3n) is 8.02. The normalized spacial score (nSPS) is 28.8. The third kappa shape index (κ3) is 7.06. The van der Waals surface area contributed by atoms with Crippen LogP contribution in [-0.2, 0) is 16.1 Å². The molecule has 4 saturated carbocycles. The number of nitrogens with zero attached hydrogens (tertiary/aromatic N) is 2. The number of hydrogen-bond donors (Lipinski definition) is 1. The average Bonchev–Trinajstić information content (AvgIpc) is 3.23. The minimum absolute atomic E-state index is 0.0843. The van der Waals surface area contributed by atoms with Gasteiger partial charge in [-0.2, -0.15) is 0 Å². The Bertz CT molecular complexity index is 622. The van der Waals surface area contributed by atoms with E-state index in [1.54, 1.807) is 0 Å². The van der Waals surface area contributed by atoms with Crippen LogP contribution >= 0.6 is 0 Å². The summed E-state index contributed by atoms with van der Waals surface area (Å²) in [4.78, 5) is 16.5. The summed E-state index contributed by atoms with van der Waals surface area (Å²) < 4.78 is 7.76. The predicted molar refractivity (Wildman–Crippen MR) is 124 cm³/mol. The molecule has 1 N–H and O–H groups in total. The molecule has 5 nitrogen and oxygen atoms in total. The summed E-state index contributed by atoms with van der Waals surface area (Å²) in [6.07, 6.45) is 23.1. The predicted octanol–water partition coefficient (Wildman–Crippen LogP) is 5.35. The van der Waals surface area contributed by atoms with E-state index in [9.17, 15) is 4.79 Å². The monoisotopic (exact) mass is 429 g/mol. The van der Waals surface area contributed by atoms with Crippen LogP contribution in [0.15, 0.2) is 18.7 Å². The molecule has 5 heteroatoms. The second-order valence-electron chi connectivity index (χ2n) is 10.8. The van der Waals surface area contributed by atoms with Gasteiger partial charge >= 0.3 is 5.97 Å². The lowest BCUT2D eigenvalue weighted by Crippen LogP contribution is -2.47. The Morgan fingerprint density at radius 2 is 1.58 bits per heavy atom. The highest BCUT2D eigenvalue weighted by Gasteiger charge is 2.51.